The number of esters is 1. The maximum Gasteiger partial charge on any atom is 0.347 e. The summed E-state index contributed by atoms with van der Waals surface area (Å²) < 4.78 is 18.0. The number of aryl methyl sites for hydroxylation is 1. The molecule has 0 amide bonds. The topological polar surface area (TPSA) is 44.8 Å². The summed E-state index contributed by atoms with van der Waals surface area (Å²) in [4.78, 5) is 13.4. The van der Waals surface area contributed by atoms with Crippen LogP contribution in [0.4, 0.5) is 0 Å². The van der Waals surface area contributed by atoms with Gasteiger partial charge in [-0.3, -0.25) is 0 Å². The van der Waals surface area contributed by atoms with Crippen LogP contribution in [-0.4, -0.2) is 19.2 Å². The zero-order valence-corrected chi connectivity index (χ0v) is 18.8. The van der Waals surface area contributed by atoms with E-state index in [4.69, 9.17) is 14.2 Å². The average molecular weight is 429 g/mol. The van der Waals surface area contributed by atoms with E-state index in [1.807, 2.05) is 68.4 Å². The highest BCUT2D eigenvalue weighted by Gasteiger charge is 2.22. The highest BCUT2D eigenvalue weighted by molar-refractivity contribution is 6.05. The number of hydrogen-bond donors (Lipinski definition) is 0. The first-order valence-electron chi connectivity index (χ1n) is 11.1. The van der Waals surface area contributed by atoms with Gasteiger partial charge in [0.05, 0.1) is 13.2 Å². The second kappa shape index (κ2) is 9.73. The molecule has 0 N–H and O–H groups in total. The molecule has 0 saturated heterocycles. The number of carbonyl (C=O) groups is 1. The first-order valence-corrected chi connectivity index (χ1v) is 11.1. The molecule has 0 unspecified atom stereocenters. The Bertz CT molecular complexity index is 1250. The Morgan fingerprint density at radius 3 is 2.31 bits per heavy atom. The summed E-state index contributed by atoms with van der Waals surface area (Å²) in [6.45, 7) is 7.21. The van der Waals surface area contributed by atoms with Crippen LogP contribution in [-0.2, 0) is 0 Å². The number of carbonyl (C=O) groups excluding carboxylic acids is 1. The third-order valence-electron chi connectivity index (χ3n) is 5.29. The Kier molecular flexibility index (Phi) is 6.60. The molecule has 0 radical (unpaired) electrons. The van der Waals surface area contributed by atoms with Crippen LogP contribution < -0.4 is 14.2 Å². The van der Waals surface area contributed by atoms with Crippen LogP contribution in [0.15, 0.2) is 66.7 Å². The van der Waals surface area contributed by atoms with Crippen molar-refractivity contribution in [3.63, 3.8) is 0 Å². The normalized spacial score (nSPS) is 11.0. The van der Waals surface area contributed by atoms with Crippen LogP contribution in [0.2, 0.25) is 0 Å². The molecule has 0 aliphatic heterocycles. The van der Waals surface area contributed by atoms with Crippen LogP contribution in [0, 0.1) is 6.92 Å². The summed E-state index contributed by atoms with van der Waals surface area (Å²) in [5, 5.41) is 3.69. The van der Waals surface area contributed by atoms with Crippen molar-refractivity contribution in [2.75, 3.05) is 13.2 Å². The van der Waals surface area contributed by atoms with E-state index in [0.29, 0.717) is 36.0 Å². The van der Waals surface area contributed by atoms with Crippen LogP contribution in [0.25, 0.3) is 21.5 Å². The first kappa shape index (κ1) is 21.7. The lowest BCUT2D eigenvalue weighted by Crippen LogP contribution is -2.13. The molecular weight excluding hydrogens is 400 g/mol. The van der Waals surface area contributed by atoms with E-state index in [0.717, 1.165) is 39.9 Å². The number of hydrogen-bond acceptors (Lipinski definition) is 4. The van der Waals surface area contributed by atoms with E-state index in [1.54, 1.807) is 6.07 Å². The van der Waals surface area contributed by atoms with Crippen LogP contribution in [0.1, 0.15) is 42.6 Å². The smallest absolute Gasteiger partial charge is 0.347 e. The third kappa shape index (κ3) is 4.40. The van der Waals surface area contributed by atoms with Gasteiger partial charge >= 0.3 is 5.97 Å². The van der Waals surface area contributed by atoms with Crippen LogP contribution in [0.3, 0.4) is 0 Å². The highest BCUT2D eigenvalue weighted by Crippen LogP contribution is 2.39. The van der Waals surface area contributed by atoms with Gasteiger partial charge in [-0.05, 0) is 43.4 Å². The van der Waals surface area contributed by atoms with Gasteiger partial charge in [0.1, 0.15) is 22.8 Å². The van der Waals surface area contributed by atoms with Crippen molar-refractivity contribution in [3.8, 4) is 17.2 Å². The zero-order valence-electron chi connectivity index (χ0n) is 18.8. The lowest BCUT2D eigenvalue weighted by Gasteiger charge is -2.18. The second-order valence-corrected chi connectivity index (χ2v) is 7.86. The third-order valence-corrected chi connectivity index (χ3v) is 5.29. The Hall–Kier alpha value is -3.53. The van der Waals surface area contributed by atoms with Crippen LogP contribution in [0.5, 0.6) is 17.2 Å². The first-order chi connectivity index (χ1) is 15.6. The van der Waals surface area contributed by atoms with Gasteiger partial charge in [-0.25, -0.2) is 4.79 Å². The molecule has 164 valence electrons. The van der Waals surface area contributed by atoms with Crippen molar-refractivity contribution in [2.45, 2.75) is 33.6 Å². The van der Waals surface area contributed by atoms with Crippen molar-refractivity contribution >= 4 is 27.5 Å². The number of rotatable bonds is 8. The summed E-state index contributed by atoms with van der Waals surface area (Å²) in [6.07, 6.45) is 1.70. The SMILES string of the molecule is CCCOc1cc(C(=O)Oc2cccc3ccccc23)c(OCCC)c2ccc(C)cc12. The van der Waals surface area contributed by atoms with E-state index in [-0.39, 0.29) is 0 Å². The Morgan fingerprint density at radius 2 is 1.50 bits per heavy atom. The maximum atomic E-state index is 13.4. The molecule has 0 bridgehead atoms. The lowest BCUT2D eigenvalue weighted by molar-refractivity contribution is 0.0732. The van der Waals surface area contributed by atoms with Crippen molar-refractivity contribution in [3.05, 3.63) is 77.9 Å². The van der Waals surface area contributed by atoms with Crippen molar-refractivity contribution < 1.29 is 19.0 Å². The Balaban J connectivity index is 1.83. The van der Waals surface area contributed by atoms with E-state index in [9.17, 15) is 4.79 Å². The van der Waals surface area contributed by atoms with Gasteiger partial charge in [0, 0.05) is 16.2 Å². The molecule has 0 aromatic heterocycles. The predicted molar refractivity (Wildman–Crippen MR) is 129 cm³/mol. The molecule has 0 spiro atoms. The summed E-state index contributed by atoms with van der Waals surface area (Å²) in [5.41, 5.74) is 1.49. The number of ether oxygens (including phenoxy) is 3. The van der Waals surface area contributed by atoms with Crippen molar-refractivity contribution in [1.29, 1.82) is 0 Å². The van der Waals surface area contributed by atoms with Gasteiger partial charge in [0.15, 0.2) is 0 Å². The molecule has 4 nitrogen and oxygen atoms in total. The van der Waals surface area contributed by atoms with Crippen LogP contribution >= 0.6 is 0 Å². The molecule has 4 rings (SSSR count). The minimum absolute atomic E-state index is 0.369. The number of fused-ring (bicyclic) bond motifs is 2. The van der Waals surface area contributed by atoms with E-state index >= 15 is 0 Å². The van der Waals surface area contributed by atoms with Crippen molar-refractivity contribution in [2.24, 2.45) is 0 Å². The van der Waals surface area contributed by atoms with E-state index in [1.165, 1.54) is 0 Å². The zero-order chi connectivity index (χ0) is 22.5. The summed E-state index contributed by atoms with van der Waals surface area (Å²) in [7, 11) is 0. The molecule has 32 heavy (non-hydrogen) atoms. The van der Waals surface area contributed by atoms with Gasteiger partial charge in [0.2, 0.25) is 0 Å². The molecule has 0 atom stereocenters. The van der Waals surface area contributed by atoms with Gasteiger partial charge in [-0.15, -0.1) is 0 Å². The predicted octanol–water partition coefficient (Wildman–Crippen LogP) is 7.10. The summed E-state index contributed by atoms with van der Waals surface area (Å²) in [6, 6.07) is 21.4. The minimum atomic E-state index is -0.462. The molecule has 0 fully saturated rings. The fourth-order valence-corrected chi connectivity index (χ4v) is 3.76. The van der Waals surface area contributed by atoms with E-state index < -0.39 is 5.97 Å². The fraction of sp³-hybridized carbons (Fsp3) is 0.250. The average Bonchev–Trinajstić information content (AvgIpc) is 2.81. The Morgan fingerprint density at radius 1 is 0.750 bits per heavy atom. The summed E-state index contributed by atoms with van der Waals surface area (Å²) >= 11 is 0. The largest absolute Gasteiger partial charge is 0.493 e. The van der Waals surface area contributed by atoms with E-state index in [2.05, 4.69) is 13.0 Å². The molecule has 0 saturated carbocycles. The van der Waals surface area contributed by atoms with Gasteiger partial charge in [-0.1, -0.05) is 67.9 Å². The molecule has 4 aromatic rings. The van der Waals surface area contributed by atoms with Crippen molar-refractivity contribution in [1.82, 2.24) is 0 Å². The second-order valence-electron chi connectivity index (χ2n) is 7.86. The maximum absolute atomic E-state index is 13.4. The Labute approximate surface area is 188 Å². The molecule has 4 aromatic carbocycles. The van der Waals surface area contributed by atoms with Gasteiger partial charge in [0.25, 0.3) is 0 Å². The van der Waals surface area contributed by atoms with Gasteiger partial charge in [-0.2, -0.15) is 0 Å². The lowest BCUT2D eigenvalue weighted by atomic mass is 10.0. The standard InChI is InChI=1S/C28H28O4/c1-4-15-30-26-18-24(27(31-16-5-2)22-14-13-19(3)17-23(22)26)28(29)32-25-12-8-10-20-9-6-7-11-21(20)25/h6-14,17-18H,4-5,15-16H2,1-3H3. The highest BCUT2D eigenvalue weighted by atomic mass is 16.5. The summed E-state index contributed by atoms with van der Waals surface area (Å²) in [5.74, 6) is 1.26. The molecule has 4 heteroatoms. The molecule has 0 aliphatic rings. The van der Waals surface area contributed by atoms with Gasteiger partial charge < -0.3 is 14.2 Å². The molecular formula is C28H28O4. The monoisotopic (exact) mass is 428 g/mol. The fourth-order valence-electron chi connectivity index (χ4n) is 3.76. The quantitative estimate of drug-likeness (QED) is 0.222. The molecule has 0 heterocycles. The molecule has 0 aliphatic carbocycles. The number of benzene rings is 4. The minimum Gasteiger partial charge on any atom is -0.493 e.